The molecule has 0 spiro atoms. The standard InChI is InChI=1S/C26H26N2O2S/c1-18(21-12-8-13-23(15-21)27-19(2)29)28(17-20-9-4-3-5-10-20)26(30)25-16-22-11-6-7-14-24(22)31-25/h3-15,18,25H,16-17H2,1-2H3,(H,27,29)/t18-,25-/m1/s1. The van der Waals surface area contributed by atoms with Gasteiger partial charge in [-0.3, -0.25) is 9.59 Å². The molecule has 2 atom stereocenters. The third-order valence-electron chi connectivity index (χ3n) is 5.56. The Morgan fingerprint density at radius 3 is 2.52 bits per heavy atom. The van der Waals surface area contributed by atoms with Gasteiger partial charge in [-0.1, -0.05) is 60.7 Å². The van der Waals surface area contributed by atoms with Crippen molar-refractivity contribution in [2.45, 2.75) is 43.0 Å². The molecule has 0 saturated carbocycles. The molecular formula is C26H26N2O2S. The SMILES string of the molecule is CC(=O)Nc1cccc([C@@H](C)N(Cc2ccccc2)C(=O)[C@H]2Cc3ccccc3S2)c1. The van der Waals surface area contributed by atoms with Crippen LogP contribution in [0.3, 0.4) is 0 Å². The molecule has 0 bridgehead atoms. The molecule has 1 aliphatic heterocycles. The molecule has 2 amide bonds. The molecule has 31 heavy (non-hydrogen) atoms. The van der Waals surface area contributed by atoms with Crippen LogP contribution in [0.2, 0.25) is 0 Å². The van der Waals surface area contributed by atoms with Gasteiger partial charge in [-0.05, 0) is 48.2 Å². The first kappa shape index (κ1) is 21.2. The number of carbonyl (C=O) groups is 2. The number of thioether (sulfide) groups is 1. The van der Waals surface area contributed by atoms with E-state index in [0.717, 1.165) is 23.2 Å². The van der Waals surface area contributed by atoms with Crippen molar-refractivity contribution in [3.8, 4) is 0 Å². The highest BCUT2D eigenvalue weighted by molar-refractivity contribution is 8.01. The summed E-state index contributed by atoms with van der Waals surface area (Å²) >= 11 is 1.66. The number of nitrogens with one attached hydrogen (secondary N) is 1. The average molecular weight is 431 g/mol. The lowest BCUT2D eigenvalue weighted by Crippen LogP contribution is -2.39. The van der Waals surface area contributed by atoms with Crippen molar-refractivity contribution in [2.75, 3.05) is 5.32 Å². The molecule has 1 heterocycles. The summed E-state index contributed by atoms with van der Waals surface area (Å²) in [5, 5.41) is 2.72. The van der Waals surface area contributed by atoms with Crippen LogP contribution < -0.4 is 5.32 Å². The van der Waals surface area contributed by atoms with Gasteiger partial charge < -0.3 is 10.2 Å². The van der Waals surface area contributed by atoms with E-state index >= 15 is 0 Å². The van der Waals surface area contributed by atoms with Crippen molar-refractivity contribution in [2.24, 2.45) is 0 Å². The normalized spacial score (nSPS) is 15.7. The van der Waals surface area contributed by atoms with Gasteiger partial charge in [0.2, 0.25) is 11.8 Å². The number of nitrogens with zero attached hydrogens (tertiary/aromatic N) is 1. The van der Waals surface area contributed by atoms with Crippen molar-refractivity contribution >= 4 is 29.3 Å². The Labute approximate surface area is 187 Å². The molecule has 1 aliphatic rings. The fourth-order valence-corrected chi connectivity index (χ4v) is 5.22. The van der Waals surface area contributed by atoms with Crippen molar-refractivity contribution in [3.63, 3.8) is 0 Å². The highest BCUT2D eigenvalue weighted by atomic mass is 32.2. The number of rotatable bonds is 6. The molecule has 0 unspecified atom stereocenters. The highest BCUT2D eigenvalue weighted by Gasteiger charge is 2.33. The van der Waals surface area contributed by atoms with E-state index < -0.39 is 0 Å². The number of carbonyl (C=O) groups excluding carboxylic acids is 2. The van der Waals surface area contributed by atoms with Gasteiger partial charge in [-0.2, -0.15) is 0 Å². The van der Waals surface area contributed by atoms with Crippen LogP contribution in [0.25, 0.3) is 0 Å². The maximum Gasteiger partial charge on any atom is 0.237 e. The van der Waals surface area contributed by atoms with Crippen molar-refractivity contribution in [3.05, 3.63) is 95.6 Å². The number of fused-ring (bicyclic) bond motifs is 1. The van der Waals surface area contributed by atoms with Gasteiger partial charge >= 0.3 is 0 Å². The first-order valence-corrected chi connectivity index (χ1v) is 11.4. The van der Waals surface area contributed by atoms with Crippen LogP contribution in [0.5, 0.6) is 0 Å². The second kappa shape index (κ2) is 9.40. The van der Waals surface area contributed by atoms with E-state index in [2.05, 4.69) is 36.5 Å². The van der Waals surface area contributed by atoms with Crippen LogP contribution in [-0.4, -0.2) is 22.0 Å². The predicted molar refractivity (Wildman–Crippen MR) is 126 cm³/mol. The van der Waals surface area contributed by atoms with Crippen molar-refractivity contribution < 1.29 is 9.59 Å². The van der Waals surface area contributed by atoms with E-state index in [4.69, 9.17) is 0 Å². The monoisotopic (exact) mass is 430 g/mol. The molecule has 0 aromatic heterocycles. The fraction of sp³-hybridized carbons (Fsp3) is 0.231. The third kappa shape index (κ3) is 5.00. The Bertz CT molecular complexity index is 1060. The van der Waals surface area contributed by atoms with Gasteiger partial charge in [-0.15, -0.1) is 11.8 Å². The van der Waals surface area contributed by atoms with E-state index in [1.54, 1.807) is 11.8 Å². The zero-order valence-corrected chi connectivity index (χ0v) is 18.6. The summed E-state index contributed by atoms with van der Waals surface area (Å²) in [6.45, 7) is 4.09. The Hall–Kier alpha value is -3.05. The maximum atomic E-state index is 13.7. The topological polar surface area (TPSA) is 49.4 Å². The van der Waals surface area contributed by atoms with Gasteiger partial charge in [-0.25, -0.2) is 0 Å². The van der Waals surface area contributed by atoms with Crippen LogP contribution in [0, 0.1) is 0 Å². The summed E-state index contributed by atoms with van der Waals surface area (Å²) in [5.41, 5.74) is 4.08. The van der Waals surface area contributed by atoms with Crippen LogP contribution in [0.15, 0.2) is 83.8 Å². The second-order valence-electron chi connectivity index (χ2n) is 7.85. The molecule has 0 radical (unpaired) electrons. The summed E-state index contributed by atoms with van der Waals surface area (Å²) in [5.74, 6) is 0.0321. The lowest BCUT2D eigenvalue weighted by atomic mass is 10.0. The molecule has 158 valence electrons. The van der Waals surface area contributed by atoms with E-state index in [1.165, 1.54) is 17.4 Å². The Morgan fingerprint density at radius 2 is 1.77 bits per heavy atom. The number of benzene rings is 3. The molecule has 4 rings (SSSR count). The summed E-state index contributed by atoms with van der Waals surface area (Å²) in [4.78, 5) is 28.4. The largest absolute Gasteiger partial charge is 0.331 e. The first-order valence-electron chi connectivity index (χ1n) is 10.5. The van der Waals surface area contributed by atoms with Crippen molar-refractivity contribution in [1.82, 2.24) is 4.90 Å². The maximum absolute atomic E-state index is 13.7. The van der Waals surface area contributed by atoms with Gasteiger partial charge in [0, 0.05) is 24.1 Å². The smallest absolute Gasteiger partial charge is 0.237 e. The van der Waals surface area contributed by atoms with E-state index in [9.17, 15) is 9.59 Å². The van der Waals surface area contributed by atoms with Crippen LogP contribution in [0.4, 0.5) is 5.69 Å². The Balaban J connectivity index is 1.61. The molecular weight excluding hydrogens is 404 g/mol. The van der Waals surface area contributed by atoms with Crippen LogP contribution >= 0.6 is 11.8 Å². The molecule has 5 heteroatoms. The zero-order valence-electron chi connectivity index (χ0n) is 17.7. The second-order valence-corrected chi connectivity index (χ2v) is 9.10. The molecule has 0 saturated heterocycles. The minimum Gasteiger partial charge on any atom is -0.331 e. The quantitative estimate of drug-likeness (QED) is 0.566. The Morgan fingerprint density at radius 1 is 1.03 bits per heavy atom. The van der Waals surface area contributed by atoms with Gasteiger partial charge in [0.25, 0.3) is 0 Å². The zero-order chi connectivity index (χ0) is 21.8. The van der Waals surface area contributed by atoms with E-state index in [-0.39, 0.29) is 23.1 Å². The van der Waals surface area contributed by atoms with Gasteiger partial charge in [0.15, 0.2) is 0 Å². The average Bonchev–Trinajstić information content (AvgIpc) is 3.21. The van der Waals surface area contributed by atoms with E-state index in [0.29, 0.717) is 6.54 Å². The number of amides is 2. The molecule has 3 aromatic carbocycles. The van der Waals surface area contributed by atoms with Crippen LogP contribution in [-0.2, 0) is 22.6 Å². The first-order chi connectivity index (χ1) is 15.0. The minimum atomic E-state index is -0.134. The van der Waals surface area contributed by atoms with Crippen LogP contribution in [0.1, 0.15) is 36.6 Å². The number of anilines is 1. The molecule has 1 N–H and O–H groups in total. The highest BCUT2D eigenvalue weighted by Crippen LogP contribution is 2.39. The van der Waals surface area contributed by atoms with E-state index in [1.807, 2.05) is 59.5 Å². The summed E-state index contributed by atoms with van der Waals surface area (Å²) < 4.78 is 0. The number of hydrogen-bond donors (Lipinski definition) is 1. The predicted octanol–water partition coefficient (Wildman–Crippen LogP) is 5.45. The summed E-state index contributed by atoms with van der Waals surface area (Å²) in [7, 11) is 0. The van der Waals surface area contributed by atoms with Gasteiger partial charge in [0.05, 0.1) is 11.3 Å². The van der Waals surface area contributed by atoms with Gasteiger partial charge in [0.1, 0.15) is 0 Å². The molecule has 4 nitrogen and oxygen atoms in total. The third-order valence-corrected chi connectivity index (χ3v) is 6.86. The molecule has 3 aromatic rings. The minimum absolute atomic E-state index is 0.109. The lowest BCUT2D eigenvalue weighted by molar-refractivity contribution is -0.133. The Kier molecular flexibility index (Phi) is 6.42. The lowest BCUT2D eigenvalue weighted by Gasteiger charge is -2.32. The fourth-order valence-electron chi connectivity index (χ4n) is 3.95. The summed E-state index contributed by atoms with van der Waals surface area (Å²) in [6.07, 6.45) is 0.754. The summed E-state index contributed by atoms with van der Waals surface area (Å²) in [6, 6.07) is 26.0. The molecule has 0 aliphatic carbocycles. The van der Waals surface area contributed by atoms with Crippen molar-refractivity contribution in [1.29, 1.82) is 0 Å². The molecule has 0 fully saturated rings. The number of hydrogen-bond acceptors (Lipinski definition) is 3.